The van der Waals surface area contributed by atoms with Gasteiger partial charge < -0.3 is 10.7 Å². The molecule has 3 rings (SSSR count). The van der Waals surface area contributed by atoms with Crippen molar-refractivity contribution in [3.05, 3.63) is 53.3 Å². The summed E-state index contributed by atoms with van der Waals surface area (Å²) in [7, 11) is 0. The van der Waals surface area contributed by atoms with E-state index in [9.17, 15) is 9.59 Å². The molecule has 0 saturated heterocycles. The van der Waals surface area contributed by atoms with Crippen molar-refractivity contribution < 1.29 is 9.59 Å². The predicted octanol–water partition coefficient (Wildman–Crippen LogP) is 1.70. The average Bonchev–Trinajstić information content (AvgIpc) is 3.01. The van der Waals surface area contributed by atoms with Crippen molar-refractivity contribution in [3.63, 3.8) is 0 Å². The molecule has 0 saturated carbocycles. The van der Waals surface area contributed by atoms with Crippen molar-refractivity contribution in [2.45, 2.75) is 6.92 Å². The van der Waals surface area contributed by atoms with E-state index in [4.69, 9.17) is 5.73 Å². The summed E-state index contributed by atoms with van der Waals surface area (Å²) in [6.07, 6.45) is 3.59. The fraction of sp³-hybridized carbons (Fsp3) is 0.125. The molecule has 2 amide bonds. The lowest BCUT2D eigenvalue weighted by Crippen LogP contribution is -2.38. The van der Waals surface area contributed by atoms with Crippen LogP contribution in [0.3, 0.4) is 0 Å². The number of H-pyrrole nitrogens is 1. The Morgan fingerprint density at radius 2 is 2.10 bits per heavy atom. The molecular weight excluding hydrogens is 266 g/mol. The molecule has 0 bridgehead atoms. The molecule has 1 aliphatic heterocycles. The minimum absolute atomic E-state index is 0.200. The van der Waals surface area contributed by atoms with Crippen LogP contribution in [-0.2, 0) is 9.59 Å². The van der Waals surface area contributed by atoms with E-state index in [0.29, 0.717) is 11.3 Å². The molecule has 0 atom stereocenters. The van der Waals surface area contributed by atoms with E-state index in [-0.39, 0.29) is 12.5 Å². The highest BCUT2D eigenvalue weighted by molar-refractivity contribution is 6.42. The minimum Gasteiger partial charge on any atom is -0.361 e. The molecule has 0 radical (unpaired) electrons. The van der Waals surface area contributed by atoms with Gasteiger partial charge in [-0.3, -0.25) is 9.59 Å². The van der Waals surface area contributed by atoms with Gasteiger partial charge in [0.15, 0.2) is 0 Å². The van der Waals surface area contributed by atoms with E-state index >= 15 is 0 Å². The summed E-state index contributed by atoms with van der Waals surface area (Å²) in [5.41, 5.74) is 9.14. The van der Waals surface area contributed by atoms with Crippen LogP contribution in [0.25, 0.3) is 11.6 Å². The Hall–Kier alpha value is -2.66. The van der Waals surface area contributed by atoms with Crippen molar-refractivity contribution >= 4 is 29.2 Å². The first-order chi connectivity index (χ1) is 10.1. The van der Waals surface area contributed by atoms with E-state index in [1.807, 2.05) is 31.3 Å². The van der Waals surface area contributed by atoms with Gasteiger partial charge in [0.2, 0.25) is 5.91 Å². The van der Waals surface area contributed by atoms with Crippen LogP contribution in [0.4, 0.5) is 5.69 Å². The monoisotopic (exact) mass is 281 g/mol. The number of carbonyl (C=O) groups is 2. The highest BCUT2D eigenvalue weighted by Crippen LogP contribution is 2.37. The Balaban J connectivity index is 2.15. The third-order valence-electron chi connectivity index (χ3n) is 3.58. The number of carbonyl (C=O) groups excluding carboxylic acids is 2. The number of rotatable bonds is 2. The molecule has 106 valence electrons. The summed E-state index contributed by atoms with van der Waals surface area (Å²) in [6, 6.07) is 9.16. The van der Waals surface area contributed by atoms with Gasteiger partial charge in [-0.1, -0.05) is 18.2 Å². The van der Waals surface area contributed by atoms with Crippen LogP contribution in [0.1, 0.15) is 16.8 Å². The first-order valence-electron chi connectivity index (χ1n) is 6.66. The maximum Gasteiger partial charge on any atom is 0.265 e. The second-order valence-electron chi connectivity index (χ2n) is 4.89. The molecule has 5 heteroatoms. The Kier molecular flexibility index (Phi) is 3.19. The maximum atomic E-state index is 12.6. The molecule has 0 aliphatic carbocycles. The molecule has 21 heavy (non-hydrogen) atoms. The second kappa shape index (κ2) is 5.03. The predicted molar refractivity (Wildman–Crippen MR) is 81.4 cm³/mol. The quantitative estimate of drug-likeness (QED) is 0.822. The molecule has 1 aliphatic rings. The number of aryl methyl sites for hydroxylation is 1. The maximum absolute atomic E-state index is 12.6. The lowest BCUT2D eigenvalue weighted by molar-refractivity contribution is -0.122. The number of fused-ring (bicyclic) bond motifs is 1. The summed E-state index contributed by atoms with van der Waals surface area (Å²) in [5.74, 6) is -0.736. The van der Waals surface area contributed by atoms with Gasteiger partial charge in [-0.05, 0) is 30.7 Å². The van der Waals surface area contributed by atoms with Crippen molar-refractivity contribution in [3.8, 4) is 0 Å². The Bertz CT molecular complexity index is 758. The van der Waals surface area contributed by atoms with Gasteiger partial charge in [-0.25, -0.2) is 4.90 Å². The number of nitrogens with zero attached hydrogens (tertiary/aromatic N) is 1. The number of nitrogens with one attached hydrogen (secondary N) is 1. The number of imide groups is 1. The average molecular weight is 281 g/mol. The SMILES string of the molecule is Cc1cc[nH]c1C=C1C(=O)N(C(=O)CN)c2ccccc21. The number of aromatic amines is 1. The Labute approximate surface area is 122 Å². The first-order valence-corrected chi connectivity index (χ1v) is 6.66. The number of nitrogens with two attached hydrogens (primary N) is 1. The lowest BCUT2D eigenvalue weighted by atomic mass is 10.1. The van der Waals surface area contributed by atoms with E-state index < -0.39 is 5.91 Å². The summed E-state index contributed by atoms with van der Waals surface area (Å²) in [4.78, 5) is 28.8. The normalized spacial score (nSPS) is 15.6. The summed E-state index contributed by atoms with van der Waals surface area (Å²) < 4.78 is 0. The zero-order valence-corrected chi connectivity index (χ0v) is 11.6. The van der Waals surface area contributed by atoms with Gasteiger partial charge in [0.05, 0.1) is 17.8 Å². The van der Waals surface area contributed by atoms with Gasteiger partial charge in [0.1, 0.15) is 0 Å². The van der Waals surface area contributed by atoms with Crippen LogP contribution >= 0.6 is 0 Å². The van der Waals surface area contributed by atoms with E-state index in [1.165, 1.54) is 0 Å². The number of anilines is 1. The zero-order valence-electron chi connectivity index (χ0n) is 11.6. The molecule has 2 heterocycles. The largest absolute Gasteiger partial charge is 0.361 e. The summed E-state index contributed by atoms with van der Waals surface area (Å²) >= 11 is 0. The van der Waals surface area contributed by atoms with Crippen LogP contribution in [0.15, 0.2) is 36.5 Å². The first kappa shape index (κ1) is 13.3. The van der Waals surface area contributed by atoms with E-state index in [0.717, 1.165) is 21.7 Å². The number of amides is 2. The third-order valence-corrected chi connectivity index (χ3v) is 3.58. The molecule has 0 fully saturated rings. The molecule has 1 aromatic heterocycles. The van der Waals surface area contributed by atoms with Crippen LogP contribution in [-0.4, -0.2) is 23.3 Å². The van der Waals surface area contributed by atoms with Gasteiger partial charge in [-0.2, -0.15) is 0 Å². The highest BCUT2D eigenvalue weighted by Gasteiger charge is 2.35. The number of hydrogen-bond acceptors (Lipinski definition) is 3. The van der Waals surface area contributed by atoms with Gasteiger partial charge in [0, 0.05) is 17.5 Å². The zero-order chi connectivity index (χ0) is 15.0. The topological polar surface area (TPSA) is 79.2 Å². The van der Waals surface area contributed by atoms with Crippen molar-refractivity contribution in [1.29, 1.82) is 0 Å². The molecule has 0 spiro atoms. The van der Waals surface area contributed by atoms with Crippen LogP contribution in [0.5, 0.6) is 0 Å². The Morgan fingerprint density at radius 3 is 2.76 bits per heavy atom. The highest BCUT2D eigenvalue weighted by atomic mass is 16.2. The fourth-order valence-corrected chi connectivity index (χ4v) is 2.48. The summed E-state index contributed by atoms with van der Waals surface area (Å²) in [6.45, 7) is 1.76. The number of para-hydroxylation sites is 1. The number of hydrogen-bond donors (Lipinski definition) is 2. The molecule has 1 aromatic carbocycles. The second-order valence-corrected chi connectivity index (χ2v) is 4.89. The number of aromatic nitrogens is 1. The third kappa shape index (κ3) is 2.08. The molecular formula is C16H15N3O2. The van der Waals surface area contributed by atoms with Crippen LogP contribution in [0.2, 0.25) is 0 Å². The molecule has 0 unspecified atom stereocenters. The lowest BCUT2D eigenvalue weighted by Gasteiger charge is -2.13. The number of benzene rings is 1. The van der Waals surface area contributed by atoms with Crippen LogP contribution < -0.4 is 10.6 Å². The van der Waals surface area contributed by atoms with E-state index in [2.05, 4.69) is 4.98 Å². The molecule has 2 aromatic rings. The summed E-state index contributed by atoms with van der Waals surface area (Å²) in [5, 5.41) is 0. The van der Waals surface area contributed by atoms with Crippen LogP contribution in [0, 0.1) is 6.92 Å². The van der Waals surface area contributed by atoms with Gasteiger partial charge >= 0.3 is 0 Å². The van der Waals surface area contributed by atoms with E-state index in [1.54, 1.807) is 18.2 Å². The van der Waals surface area contributed by atoms with Gasteiger partial charge in [-0.15, -0.1) is 0 Å². The van der Waals surface area contributed by atoms with Gasteiger partial charge in [0.25, 0.3) is 5.91 Å². The fourth-order valence-electron chi connectivity index (χ4n) is 2.48. The minimum atomic E-state index is -0.404. The molecule has 5 nitrogen and oxygen atoms in total. The smallest absolute Gasteiger partial charge is 0.265 e. The standard InChI is InChI=1S/C16H15N3O2/c1-10-6-7-18-13(10)8-12-11-4-2-3-5-14(11)19(16(12)21)15(20)9-17/h2-8,18H,9,17H2,1H3. The molecule has 3 N–H and O–H groups in total. The Morgan fingerprint density at radius 1 is 1.33 bits per heavy atom. The van der Waals surface area contributed by atoms with Crippen molar-refractivity contribution in [2.75, 3.05) is 11.4 Å². The van der Waals surface area contributed by atoms with Crippen molar-refractivity contribution in [1.82, 2.24) is 4.98 Å². The van der Waals surface area contributed by atoms with Crippen molar-refractivity contribution in [2.24, 2.45) is 5.73 Å².